The molecule has 0 saturated heterocycles. The Labute approximate surface area is 71.1 Å². The Morgan fingerprint density at radius 2 is 2.36 bits per heavy atom. The Morgan fingerprint density at radius 1 is 1.64 bits per heavy atom. The number of rotatable bonds is 3. The summed E-state index contributed by atoms with van der Waals surface area (Å²) in [4.78, 5) is 12.1. The lowest BCUT2D eigenvalue weighted by Gasteiger charge is -1.88. The minimum Gasteiger partial charge on any atom is -0.300 e. The molecule has 0 aliphatic heterocycles. The average Bonchev–Trinajstić information content (AvgIpc) is 2.34. The van der Waals surface area contributed by atoms with Crippen LogP contribution < -0.4 is 0 Å². The number of ketones is 1. The van der Waals surface area contributed by atoms with Gasteiger partial charge in [0.25, 0.3) is 0 Å². The van der Waals surface area contributed by atoms with Crippen LogP contribution >= 0.6 is 11.3 Å². The van der Waals surface area contributed by atoms with Gasteiger partial charge in [0.2, 0.25) is 0 Å². The summed E-state index contributed by atoms with van der Waals surface area (Å²) in [6, 6.07) is 2.12. The molecule has 11 heavy (non-hydrogen) atoms. The molecule has 0 aromatic carbocycles. The second-order valence-corrected chi connectivity index (χ2v) is 3.65. The average molecular weight is 168 g/mol. The van der Waals surface area contributed by atoms with E-state index in [1.807, 2.05) is 0 Å². The summed E-state index contributed by atoms with van der Waals surface area (Å²) in [5.74, 6) is 0.241. The lowest BCUT2D eigenvalue weighted by atomic mass is 10.2. The third-order valence-corrected chi connectivity index (χ3v) is 2.64. The summed E-state index contributed by atoms with van der Waals surface area (Å²) in [6.07, 6.45) is 1.67. The van der Waals surface area contributed by atoms with E-state index in [1.54, 1.807) is 18.3 Å². The first kappa shape index (κ1) is 8.47. The minimum atomic E-state index is 0.241. The minimum absolute atomic E-state index is 0.241. The first-order valence-electron chi connectivity index (χ1n) is 3.78. The van der Waals surface area contributed by atoms with Crippen molar-refractivity contribution < 1.29 is 4.79 Å². The number of aryl methyl sites for hydroxylation is 1. The third-order valence-electron chi connectivity index (χ3n) is 1.51. The molecule has 1 rings (SSSR count). The second-order valence-electron chi connectivity index (χ2n) is 2.65. The summed E-state index contributed by atoms with van der Waals surface area (Å²) < 4.78 is 0. The van der Waals surface area contributed by atoms with Crippen molar-refractivity contribution in [2.75, 3.05) is 0 Å². The smallest absolute Gasteiger partial charge is 0.134 e. The molecule has 1 aromatic rings. The molecule has 1 nitrogen and oxygen atoms in total. The number of hydrogen-bond acceptors (Lipinski definition) is 2. The molecule has 0 N–H and O–H groups in total. The molecule has 0 atom stereocenters. The van der Waals surface area contributed by atoms with Gasteiger partial charge in [0.1, 0.15) is 5.78 Å². The van der Waals surface area contributed by atoms with Gasteiger partial charge in [0.05, 0.1) is 0 Å². The van der Waals surface area contributed by atoms with E-state index >= 15 is 0 Å². The number of thiophene rings is 1. The maximum absolute atomic E-state index is 10.7. The van der Waals surface area contributed by atoms with Crippen LogP contribution in [0.25, 0.3) is 0 Å². The van der Waals surface area contributed by atoms with E-state index in [-0.39, 0.29) is 5.78 Å². The standard InChI is InChI=1S/C9H12OS/c1-3-9-5-8(6-11-9)4-7(2)10/h5-6H,3-4H2,1-2H3. The van der Waals surface area contributed by atoms with Crippen LogP contribution in [-0.2, 0) is 17.6 Å². The zero-order valence-electron chi connectivity index (χ0n) is 6.89. The van der Waals surface area contributed by atoms with Crippen molar-refractivity contribution in [2.45, 2.75) is 26.7 Å². The summed E-state index contributed by atoms with van der Waals surface area (Å²) in [5.41, 5.74) is 1.17. The highest BCUT2D eigenvalue weighted by Crippen LogP contribution is 2.15. The normalized spacial score (nSPS) is 10.0. The largest absolute Gasteiger partial charge is 0.300 e. The molecule has 0 fully saturated rings. The van der Waals surface area contributed by atoms with Crippen LogP contribution in [0.2, 0.25) is 0 Å². The van der Waals surface area contributed by atoms with Crippen molar-refractivity contribution in [3.05, 3.63) is 21.9 Å². The fraction of sp³-hybridized carbons (Fsp3) is 0.444. The van der Waals surface area contributed by atoms with Gasteiger partial charge < -0.3 is 0 Å². The van der Waals surface area contributed by atoms with Gasteiger partial charge in [0.15, 0.2) is 0 Å². The Morgan fingerprint density at radius 3 is 2.82 bits per heavy atom. The van der Waals surface area contributed by atoms with E-state index in [0.29, 0.717) is 6.42 Å². The van der Waals surface area contributed by atoms with Crippen LogP contribution in [0.5, 0.6) is 0 Å². The molecular weight excluding hydrogens is 156 g/mol. The van der Waals surface area contributed by atoms with Gasteiger partial charge in [-0.1, -0.05) is 6.92 Å². The molecule has 0 saturated carbocycles. The Kier molecular flexibility index (Phi) is 2.83. The van der Waals surface area contributed by atoms with Crippen molar-refractivity contribution in [2.24, 2.45) is 0 Å². The maximum atomic E-state index is 10.7. The molecule has 1 heterocycles. The number of carbonyl (C=O) groups excluding carboxylic acids is 1. The first-order chi connectivity index (χ1) is 5.22. The van der Waals surface area contributed by atoms with Gasteiger partial charge in [-0.15, -0.1) is 11.3 Å². The van der Waals surface area contributed by atoms with E-state index in [0.717, 1.165) is 6.42 Å². The Hall–Kier alpha value is -0.630. The van der Waals surface area contributed by atoms with E-state index < -0.39 is 0 Å². The van der Waals surface area contributed by atoms with Crippen LogP contribution in [0, 0.1) is 0 Å². The summed E-state index contributed by atoms with van der Waals surface area (Å²) >= 11 is 1.74. The second kappa shape index (κ2) is 3.67. The lowest BCUT2D eigenvalue weighted by Crippen LogP contribution is -1.93. The fourth-order valence-electron chi connectivity index (χ4n) is 0.992. The van der Waals surface area contributed by atoms with Crippen molar-refractivity contribution in [1.82, 2.24) is 0 Å². The molecule has 0 bridgehead atoms. The molecule has 0 amide bonds. The zero-order chi connectivity index (χ0) is 8.27. The molecule has 1 aromatic heterocycles. The van der Waals surface area contributed by atoms with Gasteiger partial charge in [-0.25, -0.2) is 0 Å². The topological polar surface area (TPSA) is 17.1 Å². The predicted octanol–water partition coefficient (Wildman–Crippen LogP) is 2.44. The van der Waals surface area contributed by atoms with Gasteiger partial charge in [-0.3, -0.25) is 4.79 Å². The summed E-state index contributed by atoms with van der Waals surface area (Å²) in [5, 5.41) is 2.07. The fourth-order valence-corrected chi connectivity index (χ4v) is 1.83. The van der Waals surface area contributed by atoms with Crippen molar-refractivity contribution in [3.8, 4) is 0 Å². The molecule has 0 radical (unpaired) electrons. The highest BCUT2D eigenvalue weighted by molar-refractivity contribution is 7.10. The number of hydrogen-bond donors (Lipinski definition) is 0. The summed E-state index contributed by atoms with van der Waals surface area (Å²) in [6.45, 7) is 3.76. The van der Waals surface area contributed by atoms with E-state index in [1.165, 1.54) is 10.4 Å². The van der Waals surface area contributed by atoms with E-state index in [4.69, 9.17) is 0 Å². The Bertz CT molecular complexity index is 250. The molecule has 0 aliphatic carbocycles. The molecular formula is C9H12OS. The van der Waals surface area contributed by atoms with E-state index in [9.17, 15) is 4.79 Å². The van der Waals surface area contributed by atoms with Crippen LogP contribution in [0.4, 0.5) is 0 Å². The van der Waals surface area contributed by atoms with E-state index in [2.05, 4.69) is 18.4 Å². The van der Waals surface area contributed by atoms with Crippen LogP contribution in [0.15, 0.2) is 11.4 Å². The van der Waals surface area contributed by atoms with Gasteiger partial charge in [-0.2, -0.15) is 0 Å². The van der Waals surface area contributed by atoms with Crippen molar-refractivity contribution >= 4 is 17.1 Å². The van der Waals surface area contributed by atoms with Gasteiger partial charge in [0, 0.05) is 11.3 Å². The van der Waals surface area contributed by atoms with Crippen molar-refractivity contribution in [3.63, 3.8) is 0 Å². The number of Topliss-reactive ketones (excluding diaryl/α,β-unsaturated/α-hetero) is 1. The number of carbonyl (C=O) groups is 1. The molecule has 0 aliphatic rings. The molecule has 60 valence electrons. The molecule has 2 heteroatoms. The monoisotopic (exact) mass is 168 g/mol. The maximum Gasteiger partial charge on any atom is 0.134 e. The van der Waals surface area contributed by atoms with Gasteiger partial charge in [-0.05, 0) is 30.4 Å². The summed E-state index contributed by atoms with van der Waals surface area (Å²) in [7, 11) is 0. The van der Waals surface area contributed by atoms with Crippen LogP contribution in [0.3, 0.4) is 0 Å². The first-order valence-corrected chi connectivity index (χ1v) is 4.66. The highest BCUT2D eigenvalue weighted by Gasteiger charge is 2.00. The highest BCUT2D eigenvalue weighted by atomic mass is 32.1. The third kappa shape index (κ3) is 2.46. The predicted molar refractivity (Wildman–Crippen MR) is 48.1 cm³/mol. The Balaban J connectivity index is 2.65. The van der Waals surface area contributed by atoms with Crippen LogP contribution in [-0.4, -0.2) is 5.78 Å². The zero-order valence-corrected chi connectivity index (χ0v) is 7.70. The van der Waals surface area contributed by atoms with Crippen LogP contribution in [0.1, 0.15) is 24.3 Å². The van der Waals surface area contributed by atoms with Gasteiger partial charge >= 0.3 is 0 Å². The lowest BCUT2D eigenvalue weighted by molar-refractivity contribution is -0.116. The SMILES string of the molecule is CCc1cc(CC(C)=O)cs1. The molecule has 0 spiro atoms. The van der Waals surface area contributed by atoms with Crippen molar-refractivity contribution in [1.29, 1.82) is 0 Å². The molecule has 0 unspecified atom stereocenters. The quantitative estimate of drug-likeness (QED) is 0.677.